The first-order valence-corrected chi connectivity index (χ1v) is 13.5. The van der Waals surface area contributed by atoms with E-state index in [4.69, 9.17) is 33.8 Å². The number of nitriles is 1. The van der Waals surface area contributed by atoms with Crippen molar-refractivity contribution in [2.75, 3.05) is 11.7 Å². The third-order valence-electron chi connectivity index (χ3n) is 5.95. The van der Waals surface area contributed by atoms with Gasteiger partial charge in [-0.2, -0.15) is 15.3 Å². The molecule has 0 aliphatic rings. The van der Waals surface area contributed by atoms with E-state index in [-0.39, 0.29) is 43.1 Å². The number of aromatic nitrogens is 1. The van der Waals surface area contributed by atoms with Crippen molar-refractivity contribution in [3.05, 3.63) is 86.3 Å². The molecule has 0 bridgehead atoms. The fourth-order valence-electron chi connectivity index (χ4n) is 4.01. The number of esters is 1. The van der Waals surface area contributed by atoms with Crippen molar-refractivity contribution >= 4 is 40.8 Å². The minimum Gasteiger partial charge on any atom is -0.456 e. The van der Waals surface area contributed by atoms with Crippen LogP contribution in [0.1, 0.15) is 49.2 Å². The van der Waals surface area contributed by atoms with Gasteiger partial charge in [0.25, 0.3) is 11.5 Å². The van der Waals surface area contributed by atoms with Crippen LogP contribution in [0.2, 0.25) is 10.0 Å². The number of hydrogen-bond donors (Lipinski definition) is 1. The number of benzene rings is 2. The lowest BCUT2D eigenvalue weighted by molar-refractivity contribution is -0.577. The number of hydrazine groups is 3. The molecule has 0 spiro atoms. The van der Waals surface area contributed by atoms with Crippen molar-refractivity contribution in [2.45, 2.75) is 38.8 Å². The third-order valence-corrected chi connectivity index (χ3v) is 6.49. The highest BCUT2D eigenvalue weighted by Gasteiger charge is 2.38. The maximum absolute atomic E-state index is 13.8. The molecule has 2 aromatic carbocycles. The topological polar surface area (TPSA) is 153 Å². The second-order valence-electron chi connectivity index (χ2n) is 10.1. The van der Waals surface area contributed by atoms with Gasteiger partial charge in [-0.15, -0.1) is 5.12 Å². The molecule has 3 aromatic rings. The van der Waals surface area contributed by atoms with Gasteiger partial charge in [0.15, 0.2) is 0 Å². The van der Waals surface area contributed by atoms with Gasteiger partial charge < -0.3 is 9.30 Å². The summed E-state index contributed by atoms with van der Waals surface area (Å²) in [4.78, 5) is 43.0. The standard InChI is InChI=1S/C27H25Cl2F3N6O7/c1-27(2,3)43-26(41)16-5-8-19(9-6-16)36(34)37(38(44-31)45-32)25(40)23(10-11-42-30)35-15-22(29)21(13-24(35)39)20-12-18(28)7-4-17(20)14-33/h4-9,12-13,15,23H,10-11,34H2,1-3H3. The second kappa shape index (κ2) is 15.2. The van der Waals surface area contributed by atoms with E-state index < -0.39 is 47.4 Å². The number of anilines is 1. The molecule has 1 heterocycles. The van der Waals surface area contributed by atoms with Gasteiger partial charge in [0.05, 0.1) is 34.5 Å². The highest BCUT2D eigenvalue weighted by atomic mass is 35.5. The van der Waals surface area contributed by atoms with Crippen LogP contribution in [0.4, 0.5) is 19.3 Å². The van der Waals surface area contributed by atoms with E-state index in [1.807, 2.05) is 6.07 Å². The van der Waals surface area contributed by atoms with Gasteiger partial charge in [-0.05, 0) is 86.9 Å². The van der Waals surface area contributed by atoms with Crippen LogP contribution < -0.4 is 16.5 Å². The Balaban J connectivity index is 2.07. The second-order valence-corrected chi connectivity index (χ2v) is 10.9. The van der Waals surface area contributed by atoms with Gasteiger partial charge in [-0.3, -0.25) is 9.59 Å². The molecule has 2 N–H and O–H groups in total. The number of nitrogens with zero attached hydrogens (tertiary/aromatic N) is 5. The predicted octanol–water partition coefficient (Wildman–Crippen LogP) is 5.45. The molecule has 45 heavy (non-hydrogen) atoms. The number of carbonyl (C=O) groups is 2. The Kier molecular flexibility index (Phi) is 11.9. The van der Waals surface area contributed by atoms with Gasteiger partial charge in [0, 0.05) is 34.8 Å². The van der Waals surface area contributed by atoms with Crippen molar-refractivity contribution < 1.29 is 42.9 Å². The number of pyridine rings is 1. The van der Waals surface area contributed by atoms with Crippen LogP contribution in [0, 0.1) is 11.3 Å². The van der Waals surface area contributed by atoms with E-state index in [0.29, 0.717) is 9.69 Å². The number of hydrogen-bond acceptors (Lipinski definition) is 11. The van der Waals surface area contributed by atoms with Crippen LogP contribution in [0.3, 0.4) is 0 Å². The number of halogens is 5. The smallest absolute Gasteiger partial charge is 0.338 e. The lowest BCUT2D eigenvalue weighted by atomic mass is 10.0. The summed E-state index contributed by atoms with van der Waals surface area (Å²) in [5.41, 5.74) is -1.44. The summed E-state index contributed by atoms with van der Waals surface area (Å²) in [6, 6.07) is 10.2. The molecule has 0 fully saturated rings. The van der Waals surface area contributed by atoms with Crippen LogP contribution in [-0.4, -0.2) is 39.1 Å². The zero-order chi connectivity index (χ0) is 33.5. The highest BCUT2D eigenvalue weighted by molar-refractivity contribution is 6.33. The number of carbonyl (C=O) groups excluding carboxylic acids is 2. The van der Waals surface area contributed by atoms with Gasteiger partial charge in [0.2, 0.25) is 0 Å². The summed E-state index contributed by atoms with van der Waals surface area (Å²) in [6.45, 7) is 4.18. The molecule has 0 saturated carbocycles. The zero-order valence-corrected chi connectivity index (χ0v) is 25.3. The van der Waals surface area contributed by atoms with Crippen molar-refractivity contribution in [2.24, 2.45) is 5.84 Å². The first-order chi connectivity index (χ1) is 21.3. The van der Waals surface area contributed by atoms with Crippen molar-refractivity contribution in [3.8, 4) is 17.2 Å². The zero-order valence-electron chi connectivity index (χ0n) is 23.7. The maximum Gasteiger partial charge on any atom is 0.338 e. The minimum absolute atomic E-state index is 0.0512. The first-order valence-electron chi connectivity index (χ1n) is 12.7. The molecule has 13 nitrogen and oxygen atoms in total. The number of ether oxygens (including phenoxy) is 1. The van der Waals surface area contributed by atoms with Gasteiger partial charge >= 0.3 is 5.97 Å². The average molecular weight is 673 g/mol. The summed E-state index contributed by atoms with van der Waals surface area (Å²) >= 11 is 12.5. The molecule has 0 saturated heterocycles. The maximum atomic E-state index is 13.8. The molecule has 0 radical (unpaired) electrons. The molecule has 1 atom stereocenters. The Bertz CT molecular complexity index is 1630. The summed E-state index contributed by atoms with van der Waals surface area (Å²) in [5.74, 6) is 3.88. The minimum atomic E-state index is -1.81. The molecule has 18 heteroatoms. The molecule has 0 aliphatic heterocycles. The van der Waals surface area contributed by atoms with Crippen molar-refractivity contribution in [3.63, 3.8) is 0 Å². The predicted molar refractivity (Wildman–Crippen MR) is 153 cm³/mol. The van der Waals surface area contributed by atoms with E-state index in [2.05, 4.69) is 15.0 Å². The monoisotopic (exact) mass is 672 g/mol. The lowest BCUT2D eigenvalue weighted by Gasteiger charge is -2.35. The van der Waals surface area contributed by atoms with Crippen LogP contribution in [0.5, 0.6) is 0 Å². The molecular weight excluding hydrogens is 648 g/mol. The molecule has 1 unspecified atom stereocenters. The van der Waals surface area contributed by atoms with E-state index in [1.165, 1.54) is 42.5 Å². The number of rotatable bonds is 12. The van der Waals surface area contributed by atoms with Crippen molar-refractivity contribution in [1.82, 2.24) is 15.0 Å². The summed E-state index contributed by atoms with van der Waals surface area (Å²) in [5, 5.41) is 15.7. The highest BCUT2D eigenvalue weighted by Crippen LogP contribution is 2.32. The van der Waals surface area contributed by atoms with E-state index >= 15 is 0 Å². The van der Waals surface area contributed by atoms with Crippen molar-refractivity contribution in [1.29, 1.82) is 5.26 Å². The quantitative estimate of drug-likeness (QED) is 0.148. The summed E-state index contributed by atoms with van der Waals surface area (Å²) in [6.07, 6.45) is 0.369. The van der Waals surface area contributed by atoms with Crippen LogP contribution in [-0.2, 0) is 24.6 Å². The fraction of sp³-hybridized carbons (Fsp3) is 0.259. The molecular formula is C27H25Cl2F3N6O7. The normalized spacial score (nSPS) is 12.0. The van der Waals surface area contributed by atoms with Gasteiger partial charge in [0.1, 0.15) is 17.0 Å². The SMILES string of the molecule is CC(C)(C)OC(=O)c1ccc(N(N)N(C(=O)C(CCOF)n2cc(Cl)c(-c3cc(Cl)ccc3C#N)cc2=O)N(OF)OF)cc1. The number of nitrogens with two attached hydrogens (primary N) is 1. The molecule has 3 rings (SSSR count). The Hall–Kier alpha value is -4.21. The largest absolute Gasteiger partial charge is 0.456 e. The van der Waals surface area contributed by atoms with Gasteiger partial charge in [-0.25, -0.2) is 10.6 Å². The Morgan fingerprint density at radius 3 is 2.24 bits per heavy atom. The summed E-state index contributed by atoms with van der Waals surface area (Å²) in [7, 11) is 0. The first kappa shape index (κ1) is 35.3. The molecule has 240 valence electrons. The van der Waals surface area contributed by atoms with Crippen LogP contribution in [0.25, 0.3) is 11.1 Å². The lowest BCUT2D eigenvalue weighted by Crippen LogP contribution is -2.60. The molecule has 1 aromatic heterocycles. The average Bonchev–Trinajstić information content (AvgIpc) is 3.00. The van der Waals surface area contributed by atoms with E-state index in [1.54, 1.807) is 20.8 Å². The van der Waals surface area contributed by atoms with E-state index in [9.17, 15) is 33.2 Å². The van der Waals surface area contributed by atoms with Crippen LogP contribution in [0.15, 0.2) is 59.5 Å². The van der Waals surface area contributed by atoms with E-state index in [0.717, 1.165) is 12.3 Å². The Morgan fingerprint density at radius 1 is 1.04 bits per heavy atom. The fourth-order valence-corrected chi connectivity index (χ4v) is 4.44. The van der Waals surface area contributed by atoms with Crippen LogP contribution >= 0.6 is 23.2 Å². The number of amides is 1. The molecule has 1 amide bonds. The Labute approximate surface area is 263 Å². The Morgan fingerprint density at radius 2 is 1.69 bits per heavy atom. The third kappa shape index (κ3) is 8.49. The molecule has 0 aliphatic carbocycles. The van der Waals surface area contributed by atoms with Gasteiger partial charge in [-0.1, -0.05) is 23.2 Å². The summed E-state index contributed by atoms with van der Waals surface area (Å²) < 4.78 is 45.6.